The molecule has 2 aromatic carbocycles. The van der Waals surface area contributed by atoms with E-state index in [1.54, 1.807) is 31.5 Å². The average Bonchev–Trinajstić information content (AvgIpc) is 2.74. The van der Waals surface area contributed by atoms with Gasteiger partial charge in [0, 0.05) is 23.5 Å². The van der Waals surface area contributed by atoms with Gasteiger partial charge in [0.05, 0.1) is 6.10 Å². The Bertz CT molecular complexity index is 993. The van der Waals surface area contributed by atoms with Crippen molar-refractivity contribution in [3.8, 4) is 22.5 Å². The summed E-state index contributed by atoms with van der Waals surface area (Å²) in [6, 6.07) is 12.9. The van der Waals surface area contributed by atoms with Gasteiger partial charge in [-0.15, -0.1) is 6.58 Å². The molecule has 0 saturated carbocycles. The van der Waals surface area contributed by atoms with E-state index >= 15 is 0 Å². The van der Waals surface area contributed by atoms with Crippen molar-refractivity contribution in [2.45, 2.75) is 38.7 Å². The number of aliphatic hydroxyl groups excluding tert-OH is 1. The molecule has 0 saturated heterocycles. The molecule has 154 valence electrons. The summed E-state index contributed by atoms with van der Waals surface area (Å²) in [5, 5.41) is 9.27. The van der Waals surface area contributed by atoms with Crippen molar-refractivity contribution in [2.24, 2.45) is 0 Å². The molecule has 3 nitrogen and oxygen atoms in total. The van der Waals surface area contributed by atoms with Crippen molar-refractivity contribution < 1.29 is 9.50 Å². The van der Waals surface area contributed by atoms with Crippen molar-refractivity contribution in [3.05, 3.63) is 90.5 Å². The molecule has 1 atom stereocenters. The fraction of sp³-hybridized carbons (Fsp3) is 0.231. The minimum atomic E-state index is -0.273. The summed E-state index contributed by atoms with van der Waals surface area (Å²) in [6.45, 7) is 5.51. The number of allylic oxidation sites excluding steroid dienone is 2. The minimum absolute atomic E-state index is 0.251. The van der Waals surface area contributed by atoms with Crippen LogP contribution < -0.4 is 0 Å². The normalized spacial score (nSPS) is 12.2. The molecule has 3 aromatic rings. The van der Waals surface area contributed by atoms with E-state index in [2.05, 4.69) is 16.5 Å². The van der Waals surface area contributed by atoms with E-state index in [0.717, 1.165) is 47.9 Å². The summed E-state index contributed by atoms with van der Waals surface area (Å²) in [5.41, 5.74) is 4.12. The molecule has 0 radical (unpaired) electrons. The van der Waals surface area contributed by atoms with Gasteiger partial charge >= 0.3 is 0 Å². The molecule has 0 aliphatic heterocycles. The van der Waals surface area contributed by atoms with Gasteiger partial charge in [-0.25, -0.2) is 14.4 Å². The molecule has 30 heavy (non-hydrogen) atoms. The predicted molar refractivity (Wildman–Crippen MR) is 121 cm³/mol. The standard InChI is InChI=1S/C26H27FN2O/c1-3-7-21-17-28-26(29-18-21)23-13-11-22(12-14-23)24-15-10-20(16-25(24)27)9-6-4-5-8-19(2)30/h3,6,9-19,30H,1,4-5,7-8H2,2H3/b9-6+. The third kappa shape index (κ3) is 5.94. The molecule has 0 fully saturated rings. The molecule has 0 aliphatic carbocycles. The highest BCUT2D eigenvalue weighted by molar-refractivity contribution is 5.69. The molecular formula is C26H27FN2O. The maximum absolute atomic E-state index is 14.7. The van der Waals surface area contributed by atoms with E-state index in [4.69, 9.17) is 0 Å². The zero-order chi connectivity index (χ0) is 21.3. The first-order chi connectivity index (χ1) is 14.6. The smallest absolute Gasteiger partial charge is 0.159 e. The fourth-order valence-corrected chi connectivity index (χ4v) is 3.19. The van der Waals surface area contributed by atoms with Crippen LogP contribution in [0.15, 0.2) is 73.6 Å². The Hall–Kier alpha value is -3.11. The quantitative estimate of drug-likeness (QED) is 0.340. The first kappa shape index (κ1) is 21.6. The second-order valence-electron chi connectivity index (χ2n) is 7.41. The van der Waals surface area contributed by atoms with Crippen LogP contribution in [-0.4, -0.2) is 21.2 Å². The third-order valence-corrected chi connectivity index (χ3v) is 4.84. The second kappa shape index (κ2) is 10.6. The first-order valence-electron chi connectivity index (χ1n) is 10.2. The van der Waals surface area contributed by atoms with Gasteiger partial charge in [-0.3, -0.25) is 0 Å². The van der Waals surface area contributed by atoms with Crippen molar-refractivity contribution in [2.75, 3.05) is 0 Å². The summed E-state index contributed by atoms with van der Waals surface area (Å²) in [5.74, 6) is 0.393. The lowest BCUT2D eigenvalue weighted by molar-refractivity contribution is 0.182. The van der Waals surface area contributed by atoms with Crippen LogP contribution >= 0.6 is 0 Å². The van der Waals surface area contributed by atoms with Crippen LogP contribution in [0.4, 0.5) is 4.39 Å². The zero-order valence-electron chi connectivity index (χ0n) is 17.3. The molecule has 1 heterocycles. The second-order valence-corrected chi connectivity index (χ2v) is 7.41. The Labute approximate surface area is 177 Å². The van der Waals surface area contributed by atoms with Crippen LogP contribution in [0.1, 0.15) is 37.3 Å². The summed E-state index contributed by atoms with van der Waals surface area (Å²) in [6.07, 6.45) is 12.4. The molecule has 1 N–H and O–H groups in total. The molecule has 4 heteroatoms. The maximum atomic E-state index is 14.7. The molecule has 0 spiro atoms. The maximum Gasteiger partial charge on any atom is 0.159 e. The number of nitrogens with zero attached hydrogens (tertiary/aromatic N) is 2. The summed E-state index contributed by atoms with van der Waals surface area (Å²) >= 11 is 0. The van der Waals surface area contributed by atoms with E-state index in [0.29, 0.717) is 11.4 Å². The lowest BCUT2D eigenvalue weighted by atomic mass is 10.0. The van der Waals surface area contributed by atoms with Crippen LogP contribution in [0, 0.1) is 5.82 Å². The van der Waals surface area contributed by atoms with Crippen LogP contribution in [0.5, 0.6) is 0 Å². The Morgan fingerprint density at radius 3 is 2.40 bits per heavy atom. The average molecular weight is 403 g/mol. The molecular weight excluding hydrogens is 375 g/mol. The van der Waals surface area contributed by atoms with Crippen molar-refractivity contribution >= 4 is 6.08 Å². The van der Waals surface area contributed by atoms with Crippen LogP contribution in [0.2, 0.25) is 0 Å². The van der Waals surface area contributed by atoms with Gasteiger partial charge in [-0.2, -0.15) is 0 Å². The number of benzene rings is 2. The van der Waals surface area contributed by atoms with Crippen molar-refractivity contribution in [1.29, 1.82) is 0 Å². The highest BCUT2D eigenvalue weighted by Gasteiger charge is 2.07. The van der Waals surface area contributed by atoms with E-state index in [-0.39, 0.29) is 11.9 Å². The number of rotatable bonds is 9. The monoisotopic (exact) mass is 402 g/mol. The number of unbranched alkanes of at least 4 members (excludes halogenated alkanes) is 1. The molecule has 1 aromatic heterocycles. The van der Waals surface area contributed by atoms with Crippen LogP contribution in [-0.2, 0) is 6.42 Å². The number of hydrogen-bond acceptors (Lipinski definition) is 3. The highest BCUT2D eigenvalue weighted by atomic mass is 19.1. The zero-order valence-corrected chi connectivity index (χ0v) is 17.3. The Morgan fingerprint density at radius 1 is 1.07 bits per heavy atom. The molecule has 0 aliphatic rings. The molecule has 0 amide bonds. The van der Waals surface area contributed by atoms with Crippen molar-refractivity contribution in [3.63, 3.8) is 0 Å². The largest absolute Gasteiger partial charge is 0.393 e. The number of hydrogen-bond donors (Lipinski definition) is 1. The van der Waals surface area contributed by atoms with Crippen molar-refractivity contribution in [1.82, 2.24) is 9.97 Å². The van der Waals surface area contributed by atoms with E-state index in [9.17, 15) is 9.50 Å². The number of halogens is 1. The lowest BCUT2D eigenvalue weighted by Gasteiger charge is -2.07. The Balaban J connectivity index is 1.68. The summed E-state index contributed by atoms with van der Waals surface area (Å²) in [4.78, 5) is 8.79. The van der Waals surface area contributed by atoms with Gasteiger partial charge in [0.1, 0.15) is 5.82 Å². The third-order valence-electron chi connectivity index (χ3n) is 4.84. The SMILES string of the molecule is C=CCc1cnc(-c2ccc(-c3ccc(/C=C/CCCC(C)O)cc3F)cc2)nc1. The topological polar surface area (TPSA) is 46.0 Å². The number of aliphatic hydroxyl groups is 1. The van der Waals surface area contributed by atoms with Gasteiger partial charge in [0.15, 0.2) is 5.82 Å². The summed E-state index contributed by atoms with van der Waals surface area (Å²) in [7, 11) is 0. The van der Waals surface area contributed by atoms with Crippen LogP contribution in [0.3, 0.4) is 0 Å². The van der Waals surface area contributed by atoms with Gasteiger partial charge in [0.2, 0.25) is 0 Å². The van der Waals surface area contributed by atoms with Gasteiger partial charge in [0.25, 0.3) is 0 Å². The van der Waals surface area contributed by atoms with E-state index in [1.807, 2.05) is 48.6 Å². The molecule has 3 rings (SSSR count). The minimum Gasteiger partial charge on any atom is -0.393 e. The highest BCUT2D eigenvalue weighted by Crippen LogP contribution is 2.26. The fourth-order valence-electron chi connectivity index (χ4n) is 3.19. The lowest BCUT2D eigenvalue weighted by Crippen LogP contribution is -1.97. The number of aromatic nitrogens is 2. The Kier molecular flexibility index (Phi) is 7.63. The predicted octanol–water partition coefficient (Wildman–Crippen LogP) is 6.24. The molecule has 1 unspecified atom stereocenters. The summed E-state index contributed by atoms with van der Waals surface area (Å²) < 4.78 is 14.7. The van der Waals surface area contributed by atoms with E-state index < -0.39 is 0 Å². The Morgan fingerprint density at radius 2 is 1.77 bits per heavy atom. The van der Waals surface area contributed by atoms with Gasteiger partial charge < -0.3 is 5.11 Å². The van der Waals surface area contributed by atoms with Gasteiger partial charge in [-0.05, 0) is 55.4 Å². The first-order valence-corrected chi connectivity index (χ1v) is 10.2. The van der Waals surface area contributed by atoms with Gasteiger partial charge in [-0.1, -0.05) is 54.6 Å². The van der Waals surface area contributed by atoms with Crippen LogP contribution in [0.25, 0.3) is 28.6 Å². The van der Waals surface area contributed by atoms with E-state index in [1.165, 1.54) is 0 Å². The molecule has 0 bridgehead atoms.